The Labute approximate surface area is 173 Å². The molecule has 0 spiro atoms. The van der Waals surface area contributed by atoms with Crippen molar-refractivity contribution in [3.8, 4) is 28.4 Å². The largest absolute Gasteiger partial charge is 0.491 e. The van der Waals surface area contributed by atoms with E-state index in [1.165, 1.54) is 0 Å². The zero-order valence-electron chi connectivity index (χ0n) is 16.8. The summed E-state index contributed by atoms with van der Waals surface area (Å²) in [5.74, 6) is 0.729. The Bertz CT molecular complexity index is 1290. The van der Waals surface area contributed by atoms with Gasteiger partial charge in [-0.1, -0.05) is 0 Å². The summed E-state index contributed by atoms with van der Waals surface area (Å²) in [6, 6.07) is 9.93. The number of aromatic nitrogens is 6. The number of H-pyrrole nitrogens is 2. The highest BCUT2D eigenvalue weighted by molar-refractivity contribution is 5.94. The normalized spacial score (nSPS) is 11.6. The molecule has 0 radical (unpaired) electrons. The lowest BCUT2D eigenvalue weighted by atomic mass is 10.1. The van der Waals surface area contributed by atoms with E-state index < -0.39 is 0 Å². The molecule has 5 rings (SSSR count). The van der Waals surface area contributed by atoms with Crippen molar-refractivity contribution in [3.63, 3.8) is 0 Å². The van der Waals surface area contributed by atoms with Crippen LogP contribution in [0.5, 0.6) is 5.75 Å². The van der Waals surface area contributed by atoms with Crippen LogP contribution < -0.4 is 4.74 Å². The number of rotatable bonds is 6. The van der Waals surface area contributed by atoms with Gasteiger partial charge in [-0.3, -0.25) is 15.1 Å². The summed E-state index contributed by atoms with van der Waals surface area (Å²) in [7, 11) is 4.03. The molecule has 2 N–H and O–H groups in total. The van der Waals surface area contributed by atoms with Gasteiger partial charge in [-0.05, 0) is 44.4 Å². The van der Waals surface area contributed by atoms with Crippen molar-refractivity contribution in [2.75, 3.05) is 27.2 Å². The standard InChI is InChI=1S/C22H21N7O/c1-29(2)7-8-30-16-9-15(11-24-12-16)17-3-4-18-21(26-17)22(28-27-18)19-10-14-5-6-23-13-20(14)25-19/h3-6,9-13,25H,7-8H2,1-2H3,(H,27,28). The quantitative estimate of drug-likeness (QED) is 0.454. The van der Waals surface area contributed by atoms with E-state index in [-0.39, 0.29) is 0 Å². The molecule has 0 aliphatic carbocycles. The van der Waals surface area contributed by atoms with Gasteiger partial charge in [-0.15, -0.1) is 0 Å². The van der Waals surface area contributed by atoms with Gasteiger partial charge in [-0.2, -0.15) is 5.10 Å². The third kappa shape index (κ3) is 3.48. The number of likely N-dealkylation sites (N-methyl/N-ethyl adjacent to an activating group) is 1. The molecule has 8 nitrogen and oxygen atoms in total. The summed E-state index contributed by atoms with van der Waals surface area (Å²) >= 11 is 0. The summed E-state index contributed by atoms with van der Waals surface area (Å²) in [5.41, 5.74) is 6.01. The van der Waals surface area contributed by atoms with E-state index in [4.69, 9.17) is 9.72 Å². The Morgan fingerprint density at radius 1 is 1.00 bits per heavy atom. The second kappa shape index (κ2) is 7.57. The van der Waals surface area contributed by atoms with Gasteiger partial charge in [0.25, 0.3) is 0 Å². The fraction of sp³-hybridized carbons (Fsp3) is 0.182. The molecule has 5 aromatic heterocycles. The van der Waals surface area contributed by atoms with E-state index in [0.29, 0.717) is 6.61 Å². The molecule has 150 valence electrons. The van der Waals surface area contributed by atoms with E-state index in [1.807, 2.05) is 38.4 Å². The van der Waals surface area contributed by atoms with Gasteiger partial charge in [0.1, 0.15) is 23.6 Å². The van der Waals surface area contributed by atoms with Crippen molar-refractivity contribution in [3.05, 3.63) is 55.1 Å². The van der Waals surface area contributed by atoms with Crippen molar-refractivity contribution in [1.29, 1.82) is 0 Å². The SMILES string of the molecule is CN(C)CCOc1cncc(-c2ccc3[nH]nc(-c4cc5ccncc5[nH]4)c3n2)c1. The number of hydrogen-bond acceptors (Lipinski definition) is 6. The monoisotopic (exact) mass is 399 g/mol. The van der Waals surface area contributed by atoms with Crippen LogP contribution in [0.3, 0.4) is 0 Å². The number of nitrogens with zero attached hydrogens (tertiary/aromatic N) is 5. The van der Waals surface area contributed by atoms with Gasteiger partial charge in [-0.25, -0.2) is 4.98 Å². The Balaban J connectivity index is 1.50. The second-order valence-electron chi connectivity index (χ2n) is 7.37. The first-order chi connectivity index (χ1) is 14.7. The number of nitrogens with one attached hydrogen (secondary N) is 2. The predicted octanol–water partition coefficient (Wildman–Crippen LogP) is 3.50. The van der Waals surface area contributed by atoms with E-state index in [1.54, 1.807) is 24.8 Å². The first-order valence-electron chi connectivity index (χ1n) is 9.68. The summed E-state index contributed by atoms with van der Waals surface area (Å²) in [5, 5.41) is 8.63. The maximum Gasteiger partial charge on any atom is 0.138 e. The molecular formula is C22H21N7O. The third-order valence-corrected chi connectivity index (χ3v) is 4.90. The molecule has 0 unspecified atom stereocenters. The van der Waals surface area contributed by atoms with E-state index in [9.17, 15) is 0 Å². The maximum atomic E-state index is 5.82. The van der Waals surface area contributed by atoms with Crippen LogP contribution in [0, 0.1) is 0 Å². The number of aromatic amines is 2. The lowest BCUT2D eigenvalue weighted by Crippen LogP contribution is -2.19. The molecule has 30 heavy (non-hydrogen) atoms. The molecule has 0 saturated heterocycles. The zero-order valence-corrected chi connectivity index (χ0v) is 16.8. The van der Waals surface area contributed by atoms with Crippen molar-refractivity contribution in [2.45, 2.75) is 0 Å². The lowest BCUT2D eigenvalue weighted by Gasteiger charge is -2.11. The minimum Gasteiger partial charge on any atom is -0.491 e. The molecule has 0 aromatic carbocycles. The van der Waals surface area contributed by atoms with E-state index in [0.717, 1.165) is 56.9 Å². The molecule has 5 aromatic rings. The van der Waals surface area contributed by atoms with Crippen molar-refractivity contribution in [2.24, 2.45) is 0 Å². The summed E-state index contributed by atoms with van der Waals surface area (Å²) in [4.78, 5) is 18.8. The number of fused-ring (bicyclic) bond motifs is 2. The first-order valence-corrected chi connectivity index (χ1v) is 9.68. The van der Waals surface area contributed by atoms with Gasteiger partial charge in [0.2, 0.25) is 0 Å². The average molecular weight is 399 g/mol. The molecule has 0 saturated carbocycles. The Morgan fingerprint density at radius 2 is 1.93 bits per heavy atom. The van der Waals surface area contributed by atoms with Crippen molar-refractivity contribution < 1.29 is 4.74 Å². The number of ether oxygens (including phenoxy) is 1. The Morgan fingerprint density at radius 3 is 2.80 bits per heavy atom. The fourth-order valence-electron chi connectivity index (χ4n) is 3.33. The fourth-order valence-corrected chi connectivity index (χ4v) is 3.33. The molecule has 8 heteroatoms. The Kier molecular flexibility index (Phi) is 4.61. The van der Waals surface area contributed by atoms with Crippen LogP contribution in [-0.4, -0.2) is 62.3 Å². The predicted molar refractivity (Wildman–Crippen MR) is 116 cm³/mol. The molecule has 0 aliphatic rings. The molecule has 0 atom stereocenters. The molecule has 0 fully saturated rings. The minimum absolute atomic E-state index is 0.603. The first kappa shape index (κ1) is 18.3. The summed E-state index contributed by atoms with van der Waals surface area (Å²) in [6.45, 7) is 1.44. The topological polar surface area (TPSA) is 95.6 Å². The molecular weight excluding hydrogens is 378 g/mol. The second-order valence-corrected chi connectivity index (χ2v) is 7.37. The van der Waals surface area contributed by atoms with Crippen LogP contribution in [0.25, 0.3) is 44.6 Å². The van der Waals surface area contributed by atoms with E-state index >= 15 is 0 Å². The smallest absolute Gasteiger partial charge is 0.138 e. The Hall–Kier alpha value is -3.78. The van der Waals surface area contributed by atoms with Crippen LogP contribution in [0.2, 0.25) is 0 Å². The highest BCUT2D eigenvalue weighted by atomic mass is 16.5. The molecule has 0 bridgehead atoms. The van der Waals surface area contributed by atoms with Crippen LogP contribution >= 0.6 is 0 Å². The minimum atomic E-state index is 0.603. The number of pyridine rings is 3. The van der Waals surface area contributed by atoms with Gasteiger partial charge in [0, 0.05) is 29.9 Å². The van der Waals surface area contributed by atoms with Crippen LogP contribution in [0.15, 0.2) is 55.1 Å². The molecule has 5 heterocycles. The van der Waals surface area contributed by atoms with Gasteiger partial charge >= 0.3 is 0 Å². The van der Waals surface area contributed by atoms with Gasteiger partial charge in [0.05, 0.1) is 34.8 Å². The van der Waals surface area contributed by atoms with Crippen LogP contribution in [0.1, 0.15) is 0 Å². The number of hydrogen-bond donors (Lipinski definition) is 2. The highest BCUT2D eigenvalue weighted by Gasteiger charge is 2.14. The van der Waals surface area contributed by atoms with Crippen molar-refractivity contribution >= 4 is 21.9 Å². The molecule has 0 amide bonds. The average Bonchev–Trinajstić information content (AvgIpc) is 3.37. The van der Waals surface area contributed by atoms with Crippen LogP contribution in [-0.2, 0) is 0 Å². The van der Waals surface area contributed by atoms with Crippen molar-refractivity contribution in [1.82, 2.24) is 35.0 Å². The summed E-state index contributed by atoms with van der Waals surface area (Å²) < 4.78 is 5.82. The van der Waals surface area contributed by atoms with E-state index in [2.05, 4.69) is 36.1 Å². The third-order valence-electron chi connectivity index (χ3n) is 4.90. The van der Waals surface area contributed by atoms with Gasteiger partial charge < -0.3 is 14.6 Å². The van der Waals surface area contributed by atoms with Crippen LogP contribution in [0.4, 0.5) is 0 Å². The van der Waals surface area contributed by atoms with Gasteiger partial charge in [0.15, 0.2) is 0 Å². The zero-order chi connectivity index (χ0) is 20.5. The molecule has 0 aliphatic heterocycles. The maximum absolute atomic E-state index is 5.82. The lowest BCUT2D eigenvalue weighted by molar-refractivity contribution is 0.261. The highest BCUT2D eigenvalue weighted by Crippen LogP contribution is 2.29. The summed E-state index contributed by atoms with van der Waals surface area (Å²) in [6.07, 6.45) is 7.10.